The van der Waals surface area contributed by atoms with Gasteiger partial charge in [0.25, 0.3) is 0 Å². The van der Waals surface area contributed by atoms with Crippen molar-refractivity contribution in [1.29, 1.82) is 5.26 Å². The van der Waals surface area contributed by atoms with Crippen LogP contribution in [0.25, 0.3) is 22.8 Å². The van der Waals surface area contributed by atoms with E-state index in [1.54, 1.807) is 30.5 Å². The summed E-state index contributed by atoms with van der Waals surface area (Å²) in [4.78, 5) is 72.1. The number of amides is 4. The van der Waals surface area contributed by atoms with Crippen molar-refractivity contribution in [3.8, 4) is 28.8 Å². The fourth-order valence-corrected chi connectivity index (χ4v) is 9.63. The molecule has 0 aliphatic carbocycles. The van der Waals surface area contributed by atoms with Gasteiger partial charge in [-0.05, 0) is 107 Å². The van der Waals surface area contributed by atoms with Crippen LogP contribution in [0.4, 0.5) is 44.4 Å². The summed E-state index contributed by atoms with van der Waals surface area (Å²) >= 11 is 0. The fraction of sp³-hybridized carbons (Fsp3) is 0.385. The van der Waals surface area contributed by atoms with Gasteiger partial charge in [0.2, 0.25) is 5.95 Å². The predicted octanol–water partition coefficient (Wildman–Crippen LogP) is 5.76. The smallest absolute Gasteiger partial charge is 0.341 e. The number of benzene rings is 2. The van der Waals surface area contributed by atoms with Gasteiger partial charge in [0.1, 0.15) is 17.5 Å². The molecule has 4 aliphatic rings. The quantitative estimate of drug-likeness (QED) is 0.156. The maximum Gasteiger partial charge on any atom is 0.341 e. The van der Waals surface area contributed by atoms with Crippen molar-refractivity contribution < 1.29 is 19.1 Å². The number of aromatic nitrogens is 7. The van der Waals surface area contributed by atoms with E-state index in [2.05, 4.69) is 41.3 Å². The third-order valence-electron chi connectivity index (χ3n) is 13.1. The Morgan fingerprint density at radius 2 is 1.08 bits per heavy atom. The van der Waals surface area contributed by atoms with Gasteiger partial charge in [-0.15, -0.1) is 0 Å². The number of carbonyl (C=O) groups is 2. The summed E-state index contributed by atoms with van der Waals surface area (Å²) in [5, 5.41) is 18.1. The molecule has 2 saturated heterocycles. The summed E-state index contributed by atoms with van der Waals surface area (Å²) in [6.07, 6.45) is 3.10. The molecule has 4 amide bonds. The molecule has 8 heterocycles. The van der Waals surface area contributed by atoms with Gasteiger partial charge >= 0.3 is 12.1 Å². The van der Waals surface area contributed by atoms with Crippen molar-refractivity contribution >= 4 is 46.8 Å². The maximum absolute atomic E-state index is 14.2. The lowest BCUT2D eigenvalue weighted by Crippen LogP contribution is -2.57. The number of aryl methyl sites for hydroxylation is 2. The normalized spacial score (nSPS) is 15.5. The van der Waals surface area contributed by atoms with Crippen molar-refractivity contribution in [3.05, 3.63) is 112 Å². The van der Waals surface area contributed by atoms with Crippen LogP contribution in [0.3, 0.4) is 0 Å². The number of fused-ring (bicyclic) bond motifs is 2. The Balaban J connectivity index is 0.979. The van der Waals surface area contributed by atoms with E-state index in [9.17, 15) is 14.9 Å². The summed E-state index contributed by atoms with van der Waals surface area (Å²) in [6, 6.07) is 21.4. The van der Waals surface area contributed by atoms with E-state index in [-0.39, 0.29) is 0 Å². The van der Waals surface area contributed by atoms with Crippen LogP contribution in [0.15, 0.2) is 72.9 Å². The van der Waals surface area contributed by atoms with E-state index in [1.165, 1.54) is 10.0 Å². The summed E-state index contributed by atoms with van der Waals surface area (Å²) < 4.78 is 11.4. The Kier molecular flexibility index (Phi) is 14.0. The van der Waals surface area contributed by atoms with E-state index in [0.29, 0.717) is 113 Å². The van der Waals surface area contributed by atoms with Gasteiger partial charge in [0.15, 0.2) is 11.6 Å². The minimum atomic E-state index is -0.500. The lowest BCUT2D eigenvalue weighted by atomic mass is 10.0. The number of nitriles is 1. The van der Waals surface area contributed by atoms with Gasteiger partial charge in [-0.2, -0.15) is 15.3 Å². The number of nitrogens with one attached hydrogen (secondary N) is 2. The number of hydrazine groups is 1. The van der Waals surface area contributed by atoms with Crippen LogP contribution in [0, 0.1) is 25.2 Å². The number of ether oxygens (including phenoxy) is 2. The van der Waals surface area contributed by atoms with Crippen LogP contribution in [0.2, 0.25) is 0 Å². The van der Waals surface area contributed by atoms with Gasteiger partial charge < -0.3 is 39.7 Å². The largest absolute Gasteiger partial charge is 0.378 e. The second-order valence-electron chi connectivity index (χ2n) is 18.0. The zero-order valence-electron chi connectivity index (χ0n) is 41.1. The number of pyridine rings is 1. The Hall–Kier alpha value is -8.02. The minimum absolute atomic E-state index is 0.324. The highest BCUT2D eigenvalue weighted by Crippen LogP contribution is 2.35. The van der Waals surface area contributed by atoms with Crippen molar-refractivity contribution in [3.63, 3.8) is 0 Å². The molecule has 4 aliphatic heterocycles. The standard InChI is InChI=1S/C52H58N16O4/c1-5-54-51(69)67(39-11-7-37(8-12-39)46-59-43-32-65(45-30-36(31-53)15-18-56-45)19-16-41(43)48(61-46)63-21-25-71-26-22-63)68(52(70)55-6-2)40-13-9-38(10-14-40)47-60-44-33-66(50-57-34(3)29-35(4)58-50)20-17-42(44)49(62-47)64-23-27-72-28-24-64/h7-15,18,29-30H,5-6,16-17,19-28,32-33H2,1-4H3,(H,54,69)(H,55,70). The van der Waals surface area contributed by atoms with Gasteiger partial charge in [0, 0.05) is 92.2 Å². The second kappa shape index (κ2) is 21.1. The Morgan fingerprint density at radius 3 is 1.56 bits per heavy atom. The third kappa shape index (κ3) is 9.98. The molecule has 72 heavy (non-hydrogen) atoms. The molecule has 0 saturated carbocycles. The first kappa shape index (κ1) is 47.6. The highest BCUT2D eigenvalue weighted by molar-refractivity contribution is 6.05. The van der Waals surface area contributed by atoms with Crippen LogP contribution in [-0.4, -0.2) is 126 Å². The molecule has 370 valence electrons. The highest BCUT2D eigenvalue weighted by Gasteiger charge is 2.32. The highest BCUT2D eigenvalue weighted by atomic mass is 16.5. The van der Waals surface area contributed by atoms with Crippen molar-refractivity contribution in [2.75, 3.05) is 108 Å². The molecule has 2 fully saturated rings. The molecular formula is C52H58N16O4. The summed E-state index contributed by atoms with van der Waals surface area (Å²) in [7, 11) is 0. The number of carbonyl (C=O) groups excluding carboxylic acids is 2. The number of nitrogens with zero attached hydrogens (tertiary/aromatic N) is 14. The first-order valence-electron chi connectivity index (χ1n) is 24.7. The lowest BCUT2D eigenvalue weighted by molar-refractivity contribution is 0.122. The van der Waals surface area contributed by atoms with E-state index in [0.717, 1.165) is 88.5 Å². The van der Waals surface area contributed by atoms with E-state index < -0.39 is 12.1 Å². The molecule has 2 N–H and O–H groups in total. The predicted molar refractivity (Wildman–Crippen MR) is 274 cm³/mol. The second-order valence-corrected chi connectivity index (χ2v) is 18.0. The van der Waals surface area contributed by atoms with E-state index in [4.69, 9.17) is 39.4 Å². The third-order valence-corrected chi connectivity index (χ3v) is 13.1. The number of anilines is 6. The summed E-state index contributed by atoms with van der Waals surface area (Å²) in [5.41, 5.74) is 8.71. The molecule has 0 radical (unpaired) electrons. The minimum Gasteiger partial charge on any atom is -0.378 e. The first-order valence-corrected chi connectivity index (χ1v) is 24.7. The SMILES string of the molecule is CCNC(=O)N(c1ccc(-c2nc3c(c(N4CCOCC4)n2)CCN(c2cc(C#N)ccn2)C3)cc1)N(C(=O)NCC)c1ccc(-c2nc3c(c(N4CCOCC4)n2)CCN(c2nc(C)cc(C)n2)C3)cc1. The molecule has 0 bridgehead atoms. The molecule has 0 unspecified atom stereocenters. The fourth-order valence-electron chi connectivity index (χ4n) is 9.63. The number of rotatable bonds is 10. The van der Waals surface area contributed by atoms with Crippen molar-refractivity contribution in [2.24, 2.45) is 0 Å². The molecule has 0 atom stereocenters. The zero-order chi connectivity index (χ0) is 49.7. The summed E-state index contributed by atoms with van der Waals surface area (Å²) in [6.45, 7) is 16.0. The maximum atomic E-state index is 14.2. The van der Waals surface area contributed by atoms with Crippen LogP contribution in [0.1, 0.15) is 53.3 Å². The van der Waals surface area contributed by atoms with Crippen LogP contribution in [0.5, 0.6) is 0 Å². The molecule has 20 nitrogen and oxygen atoms in total. The van der Waals surface area contributed by atoms with E-state index >= 15 is 0 Å². The lowest BCUT2D eigenvalue weighted by Gasteiger charge is -2.35. The Morgan fingerprint density at radius 1 is 0.611 bits per heavy atom. The molecule has 10 rings (SSSR count). The average Bonchev–Trinajstić information content (AvgIpc) is 3.41. The van der Waals surface area contributed by atoms with Gasteiger partial charge in [0.05, 0.1) is 73.9 Å². The van der Waals surface area contributed by atoms with Crippen LogP contribution < -0.4 is 40.3 Å². The molecule has 0 spiro atoms. The van der Waals surface area contributed by atoms with Gasteiger partial charge in [-0.1, -0.05) is 0 Å². The number of hydrogen-bond acceptors (Lipinski definition) is 16. The van der Waals surface area contributed by atoms with E-state index in [1.807, 2.05) is 70.2 Å². The zero-order valence-corrected chi connectivity index (χ0v) is 41.1. The Bertz CT molecular complexity index is 2970. The summed E-state index contributed by atoms with van der Waals surface area (Å²) in [5.74, 6) is 4.25. The topological polar surface area (TPSA) is 210 Å². The molecule has 20 heteroatoms. The molecular weight excluding hydrogens is 913 g/mol. The van der Waals surface area contributed by atoms with Crippen molar-refractivity contribution in [1.82, 2.24) is 45.5 Å². The Labute approximate surface area is 418 Å². The van der Waals surface area contributed by atoms with Crippen LogP contribution in [-0.2, 0) is 35.4 Å². The average molecular weight is 971 g/mol. The van der Waals surface area contributed by atoms with Crippen molar-refractivity contribution in [2.45, 2.75) is 53.6 Å². The molecule has 2 aromatic carbocycles. The molecule has 4 aromatic heterocycles. The molecule has 6 aromatic rings. The number of urea groups is 2. The number of hydrogen-bond donors (Lipinski definition) is 2. The van der Waals surface area contributed by atoms with Crippen LogP contribution >= 0.6 is 0 Å². The monoisotopic (exact) mass is 970 g/mol. The number of morpholine rings is 2. The first-order chi connectivity index (χ1) is 35.2. The van der Waals surface area contributed by atoms with Gasteiger partial charge in [-0.3, -0.25) is 0 Å². The van der Waals surface area contributed by atoms with Gasteiger partial charge in [-0.25, -0.2) is 44.5 Å².